The first-order valence-corrected chi connectivity index (χ1v) is 8.19. The third-order valence-electron chi connectivity index (χ3n) is 2.95. The Labute approximate surface area is 129 Å². The van der Waals surface area contributed by atoms with Crippen LogP contribution in [0.25, 0.3) is 0 Å². The van der Waals surface area contributed by atoms with Gasteiger partial charge in [-0.3, -0.25) is 9.52 Å². The van der Waals surface area contributed by atoms with Gasteiger partial charge in [0, 0.05) is 6.54 Å². The minimum atomic E-state index is -3.73. The summed E-state index contributed by atoms with van der Waals surface area (Å²) in [7, 11) is -3.73. The maximum absolute atomic E-state index is 13.4. The second kappa shape index (κ2) is 6.75. The fourth-order valence-electron chi connectivity index (χ4n) is 1.46. The number of amides is 1. The molecule has 0 heterocycles. The molecule has 22 heavy (non-hydrogen) atoms. The highest BCUT2D eigenvalue weighted by molar-refractivity contribution is 7.92. The molecule has 0 aliphatic rings. The van der Waals surface area contributed by atoms with Crippen molar-refractivity contribution in [1.29, 1.82) is 5.26 Å². The van der Waals surface area contributed by atoms with E-state index in [1.807, 2.05) is 6.07 Å². The fourth-order valence-corrected chi connectivity index (χ4v) is 2.42. The highest BCUT2D eigenvalue weighted by atomic mass is 32.2. The number of anilines is 1. The van der Waals surface area contributed by atoms with Crippen molar-refractivity contribution in [2.24, 2.45) is 5.41 Å². The second-order valence-corrected chi connectivity index (χ2v) is 7.22. The number of nitriles is 1. The number of hydrogen-bond acceptors (Lipinski definition) is 4. The Morgan fingerprint density at radius 3 is 2.59 bits per heavy atom. The zero-order valence-electron chi connectivity index (χ0n) is 12.6. The zero-order chi connectivity index (χ0) is 17.0. The topological polar surface area (TPSA) is 99.1 Å². The molecule has 0 bridgehead atoms. The Morgan fingerprint density at radius 1 is 1.41 bits per heavy atom. The first-order chi connectivity index (χ1) is 10.1. The van der Waals surface area contributed by atoms with Gasteiger partial charge in [-0.1, -0.05) is 6.07 Å². The van der Waals surface area contributed by atoms with Crippen molar-refractivity contribution in [2.75, 3.05) is 17.0 Å². The predicted molar refractivity (Wildman–Crippen MR) is 81.0 cm³/mol. The van der Waals surface area contributed by atoms with Crippen molar-refractivity contribution >= 4 is 21.6 Å². The Hall–Kier alpha value is -2.14. The van der Waals surface area contributed by atoms with E-state index in [-0.39, 0.29) is 18.0 Å². The molecule has 0 aliphatic carbocycles. The highest BCUT2D eigenvalue weighted by Gasteiger charge is 2.27. The monoisotopic (exact) mass is 327 g/mol. The largest absolute Gasteiger partial charge is 0.354 e. The van der Waals surface area contributed by atoms with E-state index in [2.05, 4.69) is 10.0 Å². The molecular weight excluding hydrogens is 309 g/mol. The summed E-state index contributed by atoms with van der Waals surface area (Å²) in [6.45, 7) is 4.29. The molecule has 6 nitrogen and oxygen atoms in total. The minimum absolute atomic E-state index is 0.117. The second-order valence-electron chi connectivity index (χ2n) is 5.38. The summed E-state index contributed by atoms with van der Waals surface area (Å²) < 4.78 is 39.3. The normalized spacial score (nSPS) is 11.6. The molecule has 0 aromatic heterocycles. The van der Waals surface area contributed by atoms with Crippen molar-refractivity contribution in [3.8, 4) is 6.07 Å². The molecule has 2 N–H and O–H groups in total. The minimum Gasteiger partial charge on any atom is -0.354 e. The van der Waals surface area contributed by atoms with Gasteiger partial charge in [0.15, 0.2) is 0 Å². The Balaban J connectivity index is 2.60. The van der Waals surface area contributed by atoms with Crippen LogP contribution in [0.2, 0.25) is 0 Å². The molecule has 8 heteroatoms. The maximum Gasteiger partial charge on any atom is 0.239 e. The van der Waals surface area contributed by atoms with Gasteiger partial charge in [0.25, 0.3) is 0 Å². The average molecular weight is 327 g/mol. The Kier molecular flexibility index (Phi) is 5.49. The number of nitrogens with one attached hydrogen (secondary N) is 2. The van der Waals surface area contributed by atoms with Crippen molar-refractivity contribution in [1.82, 2.24) is 5.32 Å². The van der Waals surface area contributed by atoms with Crippen LogP contribution in [-0.4, -0.2) is 26.6 Å². The summed E-state index contributed by atoms with van der Waals surface area (Å²) in [6, 6.07) is 5.82. The Morgan fingerprint density at radius 2 is 2.05 bits per heavy atom. The van der Waals surface area contributed by atoms with E-state index in [0.29, 0.717) is 5.56 Å². The van der Waals surface area contributed by atoms with Crippen molar-refractivity contribution < 1.29 is 17.6 Å². The number of carbonyl (C=O) groups excluding carboxylic acids is 1. The summed E-state index contributed by atoms with van der Waals surface area (Å²) in [5, 5.41) is 11.2. The van der Waals surface area contributed by atoms with Crippen LogP contribution in [0.1, 0.15) is 19.4 Å². The number of carbonyl (C=O) groups is 1. The summed E-state index contributed by atoms with van der Waals surface area (Å²) >= 11 is 0. The molecule has 0 spiro atoms. The van der Waals surface area contributed by atoms with Gasteiger partial charge in [0.1, 0.15) is 11.2 Å². The molecule has 0 radical (unpaired) electrons. The summed E-state index contributed by atoms with van der Waals surface area (Å²) in [5.41, 5.74) is -0.696. The van der Waals surface area contributed by atoms with E-state index < -0.39 is 27.2 Å². The molecule has 1 aromatic rings. The predicted octanol–water partition coefficient (Wildman–Crippen LogP) is 1.54. The van der Waals surface area contributed by atoms with Crippen LogP contribution in [0.3, 0.4) is 0 Å². The van der Waals surface area contributed by atoms with E-state index in [1.54, 1.807) is 6.92 Å². The number of nitrogens with zero attached hydrogens (tertiary/aromatic N) is 1. The van der Waals surface area contributed by atoms with Crippen LogP contribution in [0.5, 0.6) is 0 Å². The van der Waals surface area contributed by atoms with Crippen LogP contribution in [0.15, 0.2) is 18.2 Å². The SMILES string of the molecule is Cc1ccc(NS(=O)(=O)CCNC(=O)C(C)(C)C#N)cc1F. The van der Waals surface area contributed by atoms with Gasteiger partial charge in [-0.15, -0.1) is 0 Å². The molecular formula is C14H18FN3O3S. The zero-order valence-corrected chi connectivity index (χ0v) is 13.4. The van der Waals surface area contributed by atoms with Gasteiger partial charge >= 0.3 is 0 Å². The molecule has 1 amide bonds. The number of aryl methyl sites for hydroxylation is 1. The van der Waals surface area contributed by atoms with E-state index in [1.165, 1.54) is 26.0 Å². The number of rotatable bonds is 6. The number of halogens is 1. The van der Waals surface area contributed by atoms with Crippen LogP contribution >= 0.6 is 0 Å². The van der Waals surface area contributed by atoms with Gasteiger partial charge in [-0.2, -0.15) is 5.26 Å². The number of hydrogen-bond donors (Lipinski definition) is 2. The highest BCUT2D eigenvalue weighted by Crippen LogP contribution is 2.15. The lowest BCUT2D eigenvalue weighted by Crippen LogP contribution is -2.39. The molecule has 0 aliphatic heterocycles. The fraction of sp³-hybridized carbons (Fsp3) is 0.429. The van der Waals surface area contributed by atoms with E-state index in [0.717, 1.165) is 6.07 Å². The maximum atomic E-state index is 13.4. The molecule has 120 valence electrons. The Bertz CT molecular complexity index is 709. The summed E-state index contributed by atoms with van der Waals surface area (Å²) in [5.74, 6) is -1.44. The number of sulfonamides is 1. The van der Waals surface area contributed by atoms with Crippen LogP contribution in [0, 0.1) is 29.5 Å². The van der Waals surface area contributed by atoms with Gasteiger partial charge in [-0.25, -0.2) is 12.8 Å². The first kappa shape index (κ1) is 17.9. The van der Waals surface area contributed by atoms with Gasteiger partial charge < -0.3 is 5.32 Å². The van der Waals surface area contributed by atoms with Gasteiger partial charge in [0.05, 0.1) is 17.5 Å². The third-order valence-corrected chi connectivity index (χ3v) is 4.24. The van der Waals surface area contributed by atoms with Crippen molar-refractivity contribution in [3.63, 3.8) is 0 Å². The first-order valence-electron chi connectivity index (χ1n) is 6.53. The quantitative estimate of drug-likeness (QED) is 0.828. The molecule has 1 rings (SSSR count). The molecule has 0 fully saturated rings. The van der Waals surface area contributed by atoms with Crippen LogP contribution in [0.4, 0.5) is 10.1 Å². The molecule has 0 atom stereocenters. The smallest absolute Gasteiger partial charge is 0.239 e. The average Bonchev–Trinajstić information content (AvgIpc) is 2.42. The lowest BCUT2D eigenvalue weighted by molar-refractivity contribution is -0.126. The summed E-state index contributed by atoms with van der Waals surface area (Å²) in [6.07, 6.45) is 0. The van der Waals surface area contributed by atoms with E-state index in [9.17, 15) is 17.6 Å². The van der Waals surface area contributed by atoms with Crippen molar-refractivity contribution in [2.45, 2.75) is 20.8 Å². The van der Waals surface area contributed by atoms with Crippen LogP contribution < -0.4 is 10.0 Å². The van der Waals surface area contributed by atoms with E-state index in [4.69, 9.17) is 5.26 Å². The molecule has 1 aromatic carbocycles. The number of benzene rings is 1. The van der Waals surface area contributed by atoms with Gasteiger partial charge in [0.2, 0.25) is 15.9 Å². The standard InChI is InChI=1S/C14H18FN3O3S/c1-10-4-5-11(8-12(10)15)18-22(20,21)7-6-17-13(19)14(2,3)9-16/h4-5,8,18H,6-7H2,1-3H3,(H,17,19). The van der Waals surface area contributed by atoms with Gasteiger partial charge in [-0.05, 0) is 38.5 Å². The molecule has 0 saturated heterocycles. The van der Waals surface area contributed by atoms with E-state index >= 15 is 0 Å². The third kappa shape index (κ3) is 5.00. The summed E-state index contributed by atoms with van der Waals surface area (Å²) in [4.78, 5) is 11.6. The molecule has 0 unspecified atom stereocenters. The van der Waals surface area contributed by atoms with Crippen molar-refractivity contribution in [3.05, 3.63) is 29.6 Å². The lowest BCUT2D eigenvalue weighted by Gasteiger charge is -2.15. The molecule has 0 saturated carbocycles. The lowest BCUT2D eigenvalue weighted by atomic mass is 9.95. The van der Waals surface area contributed by atoms with Crippen LogP contribution in [-0.2, 0) is 14.8 Å².